The molecule has 1 aliphatic heterocycles. The van der Waals surface area contributed by atoms with Crippen molar-refractivity contribution in [2.75, 3.05) is 6.54 Å². The minimum atomic E-state index is -0.877. The summed E-state index contributed by atoms with van der Waals surface area (Å²) in [6, 6.07) is 7.41. The van der Waals surface area contributed by atoms with Crippen LogP contribution in [0.3, 0.4) is 0 Å². The molecule has 0 aliphatic carbocycles. The van der Waals surface area contributed by atoms with Crippen LogP contribution in [-0.4, -0.2) is 39.3 Å². The summed E-state index contributed by atoms with van der Waals surface area (Å²) in [6.45, 7) is 4.22. The maximum absolute atomic E-state index is 12.5. The van der Waals surface area contributed by atoms with E-state index in [4.69, 9.17) is 4.52 Å². The van der Waals surface area contributed by atoms with Crippen molar-refractivity contribution < 1.29 is 14.4 Å². The van der Waals surface area contributed by atoms with Crippen molar-refractivity contribution >= 4 is 16.9 Å². The second-order valence-electron chi connectivity index (χ2n) is 6.20. The van der Waals surface area contributed by atoms with Gasteiger partial charge in [0.1, 0.15) is 5.69 Å². The number of aliphatic hydroxyl groups is 1. The number of likely N-dealkylation sites (tertiary alicyclic amines) is 1. The number of fused-ring (bicyclic) bond motifs is 1. The Hall–Kier alpha value is -1.88. The summed E-state index contributed by atoms with van der Waals surface area (Å²) in [5.41, 5.74) is 0.482. The maximum Gasteiger partial charge on any atom is 0.229 e. The second-order valence-corrected chi connectivity index (χ2v) is 6.20. The van der Waals surface area contributed by atoms with Crippen LogP contribution in [0.25, 0.3) is 11.0 Å². The van der Waals surface area contributed by atoms with Crippen molar-refractivity contribution in [2.45, 2.75) is 44.8 Å². The Labute approximate surface area is 123 Å². The molecule has 1 aliphatic rings. The number of carbonyl (C=O) groups excluding carboxylic acids is 1. The molecular weight excluding hydrogens is 268 g/mol. The first-order chi connectivity index (χ1) is 9.97. The second kappa shape index (κ2) is 5.15. The SMILES string of the molecule is CC(C)(O)C1CCCN1C(=O)Cc1noc2ccccc12. The van der Waals surface area contributed by atoms with Gasteiger partial charge in [-0.05, 0) is 38.8 Å². The Bertz CT molecular complexity index is 657. The van der Waals surface area contributed by atoms with E-state index in [-0.39, 0.29) is 18.4 Å². The fourth-order valence-electron chi connectivity index (χ4n) is 3.11. The predicted octanol–water partition coefficient (Wildman–Crippen LogP) is 2.13. The zero-order valence-corrected chi connectivity index (χ0v) is 12.4. The van der Waals surface area contributed by atoms with Gasteiger partial charge in [-0.25, -0.2) is 0 Å². The van der Waals surface area contributed by atoms with Crippen LogP contribution in [0.4, 0.5) is 0 Å². The van der Waals surface area contributed by atoms with E-state index in [1.165, 1.54) is 0 Å². The van der Waals surface area contributed by atoms with Gasteiger partial charge in [-0.3, -0.25) is 4.79 Å². The minimum absolute atomic E-state index is 0.00122. The summed E-state index contributed by atoms with van der Waals surface area (Å²) in [5, 5.41) is 15.1. The van der Waals surface area contributed by atoms with Gasteiger partial charge in [0.25, 0.3) is 0 Å². The monoisotopic (exact) mass is 288 g/mol. The maximum atomic E-state index is 12.5. The molecule has 2 heterocycles. The molecule has 1 atom stereocenters. The average Bonchev–Trinajstić information content (AvgIpc) is 3.05. The summed E-state index contributed by atoms with van der Waals surface area (Å²) >= 11 is 0. The van der Waals surface area contributed by atoms with Gasteiger partial charge in [0.2, 0.25) is 5.91 Å². The van der Waals surface area contributed by atoms with Gasteiger partial charge in [-0.15, -0.1) is 0 Å². The zero-order valence-electron chi connectivity index (χ0n) is 12.4. The molecule has 1 unspecified atom stereocenters. The Morgan fingerprint density at radius 2 is 2.24 bits per heavy atom. The third kappa shape index (κ3) is 2.65. The molecule has 3 rings (SSSR count). The lowest BCUT2D eigenvalue weighted by Crippen LogP contribution is -2.48. The average molecular weight is 288 g/mol. The van der Waals surface area contributed by atoms with Crippen LogP contribution in [-0.2, 0) is 11.2 Å². The molecule has 1 amide bonds. The normalized spacial score (nSPS) is 19.4. The van der Waals surface area contributed by atoms with Crippen LogP contribution in [0.2, 0.25) is 0 Å². The lowest BCUT2D eigenvalue weighted by molar-refractivity contribution is -0.135. The third-order valence-corrected chi connectivity index (χ3v) is 4.16. The van der Waals surface area contributed by atoms with Crippen molar-refractivity contribution in [3.8, 4) is 0 Å². The fraction of sp³-hybridized carbons (Fsp3) is 0.500. The number of para-hydroxylation sites is 1. The number of nitrogens with zero attached hydrogens (tertiary/aromatic N) is 2. The number of rotatable bonds is 3. The molecule has 1 N–H and O–H groups in total. The molecule has 0 saturated carbocycles. The van der Waals surface area contributed by atoms with Crippen LogP contribution >= 0.6 is 0 Å². The molecule has 1 fully saturated rings. The summed E-state index contributed by atoms with van der Waals surface area (Å²) < 4.78 is 5.24. The van der Waals surface area contributed by atoms with E-state index in [0.29, 0.717) is 17.8 Å². The lowest BCUT2D eigenvalue weighted by atomic mass is 9.96. The molecule has 112 valence electrons. The van der Waals surface area contributed by atoms with E-state index in [9.17, 15) is 9.90 Å². The van der Waals surface area contributed by atoms with E-state index >= 15 is 0 Å². The topological polar surface area (TPSA) is 66.6 Å². The molecule has 1 saturated heterocycles. The van der Waals surface area contributed by atoms with Gasteiger partial charge in [0.05, 0.1) is 18.1 Å². The fourth-order valence-corrected chi connectivity index (χ4v) is 3.11. The van der Waals surface area contributed by atoms with Crippen LogP contribution in [0, 0.1) is 0 Å². The first-order valence-corrected chi connectivity index (χ1v) is 7.32. The summed E-state index contributed by atoms with van der Waals surface area (Å²) in [6.07, 6.45) is 1.98. The number of aromatic nitrogens is 1. The molecular formula is C16H20N2O3. The first-order valence-electron chi connectivity index (χ1n) is 7.32. The summed E-state index contributed by atoms with van der Waals surface area (Å²) in [4.78, 5) is 14.3. The van der Waals surface area contributed by atoms with Crippen molar-refractivity contribution in [3.05, 3.63) is 30.0 Å². The van der Waals surface area contributed by atoms with Gasteiger partial charge in [0.15, 0.2) is 5.58 Å². The van der Waals surface area contributed by atoms with E-state index in [1.54, 1.807) is 18.7 Å². The van der Waals surface area contributed by atoms with Crippen LogP contribution < -0.4 is 0 Å². The van der Waals surface area contributed by atoms with E-state index in [2.05, 4.69) is 5.16 Å². The Morgan fingerprint density at radius 1 is 1.48 bits per heavy atom. The highest BCUT2D eigenvalue weighted by atomic mass is 16.5. The Kier molecular flexibility index (Phi) is 3.45. The number of carbonyl (C=O) groups is 1. The summed E-state index contributed by atoms with van der Waals surface area (Å²) in [7, 11) is 0. The molecule has 1 aromatic heterocycles. The van der Waals surface area contributed by atoms with Crippen molar-refractivity contribution in [2.24, 2.45) is 0 Å². The van der Waals surface area contributed by atoms with Crippen molar-refractivity contribution in [1.82, 2.24) is 10.1 Å². The predicted molar refractivity (Wildman–Crippen MR) is 78.7 cm³/mol. The molecule has 2 aromatic rings. The molecule has 1 aromatic carbocycles. The highest BCUT2D eigenvalue weighted by Gasteiger charge is 2.38. The van der Waals surface area contributed by atoms with Crippen LogP contribution in [0.1, 0.15) is 32.4 Å². The molecule has 0 bridgehead atoms. The number of hydrogen-bond acceptors (Lipinski definition) is 4. The van der Waals surface area contributed by atoms with Gasteiger partial charge in [-0.1, -0.05) is 17.3 Å². The lowest BCUT2D eigenvalue weighted by Gasteiger charge is -2.33. The zero-order chi connectivity index (χ0) is 15.0. The highest BCUT2D eigenvalue weighted by Crippen LogP contribution is 2.28. The van der Waals surface area contributed by atoms with E-state index < -0.39 is 5.60 Å². The largest absolute Gasteiger partial charge is 0.388 e. The van der Waals surface area contributed by atoms with E-state index in [1.807, 2.05) is 24.3 Å². The Morgan fingerprint density at radius 3 is 3.00 bits per heavy atom. The van der Waals surface area contributed by atoms with Gasteiger partial charge in [0, 0.05) is 11.9 Å². The minimum Gasteiger partial charge on any atom is -0.388 e. The van der Waals surface area contributed by atoms with E-state index in [0.717, 1.165) is 18.2 Å². The highest BCUT2D eigenvalue weighted by molar-refractivity contribution is 5.86. The Balaban J connectivity index is 1.80. The molecule has 5 nitrogen and oxygen atoms in total. The van der Waals surface area contributed by atoms with Crippen molar-refractivity contribution in [3.63, 3.8) is 0 Å². The third-order valence-electron chi connectivity index (χ3n) is 4.16. The standard InChI is InChI=1S/C16H20N2O3/c1-16(2,20)14-8-5-9-18(14)15(19)10-12-11-6-3-4-7-13(11)21-17-12/h3-4,6-7,14,20H,5,8-10H2,1-2H3. The van der Waals surface area contributed by atoms with Gasteiger partial charge >= 0.3 is 0 Å². The smallest absolute Gasteiger partial charge is 0.229 e. The van der Waals surface area contributed by atoms with Gasteiger partial charge < -0.3 is 14.5 Å². The summed E-state index contributed by atoms with van der Waals surface area (Å²) in [5.74, 6) is -0.00122. The molecule has 0 radical (unpaired) electrons. The van der Waals surface area contributed by atoms with Crippen molar-refractivity contribution in [1.29, 1.82) is 0 Å². The molecule has 21 heavy (non-hydrogen) atoms. The van der Waals surface area contributed by atoms with Gasteiger partial charge in [-0.2, -0.15) is 0 Å². The van der Waals surface area contributed by atoms with Crippen LogP contribution in [0.15, 0.2) is 28.8 Å². The number of hydrogen-bond donors (Lipinski definition) is 1. The molecule has 5 heteroatoms. The molecule has 0 spiro atoms. The quantitative estimate of drug-likeness (QED) is 0.939. The first kappa shape index (κ1) is 14.1. The number of amides is 1. The number of benzene rings is 1. The van der Waals surface area contributed by atoms with Crippen LogP contribution in [0.5, 0.6) is 0 Å².